The van der Waals surface area contributed by atoms with E-state index in [9.17, 15) is 9.67 Å². The van der Waals surface area contributed by atoms with Crippen LogP contribution >= 0.6 is 7.14 Å². The van der Waals surface area contributed by atoms with Gasteiger partial charge in [0.1, 0.15) is 24.4 Å². The summed E-state index contributed by atoms with van der Waals surface area (Å²) in [7, 11) is -0.400. The topological polar surface area (TPSA) is 119 Å². The second-order valence-corrected chi connectivity index (χ2v) is 16.7. The molecule has 1 aliphatic heterocycles. The molecule has 0 atom stereocenters. The van der Waals surface area contributed by atoms with Crippen LogP contribution in [0.1, 0.15) is 46.0 Å². The number of benzene rings is 2. The van der Waals surface area contributed by atoms with Gasteiger partial charge < -0.3 is 39.8 Å². The van der Waals surface area contributed by atoms with Gasteiger partial charge in [0.25, 0.3) is 0 Å². The summed E-state index contributed by atoms with van der Waals surface area (Å²) in [5.41, 5.74) is 2.72. The van der Waals surface area contributed by atoms with Gasteiger partial charge in [0, 0.05) is 48.9 Å². The highest BCUT2D eigenvalue weighted by Gasteiger charge is 2.28. The maximum absolute atomic E-state index is 13.0. The number of fused-ring (bicyclic) bond motifs is 1. The number of rotatable bonds is 11. The zero-order chi connectivity index (χ0) is 31.8. The summed E-state index contributed by atoms with van der Waals surface area (Å²) in [6.45, 7) is 9.81. The van der Waals surface area contributed by atoms with Crippen LogP contribution in [0.25, 0.3) is 11.0 Å². The summed E-state index contributed by atoms with van der Waals surface area (Å²) in [6.07, 6.45) is 7.50. The van der Waals surface area contributed by atoms with E-state index in [1.807, 2.05) is 50.4 Å². The second kappa shape index (κ2) is 12.7. The van der Waals surface area contributed by atoms with Gasteiger partial charge in [0.05, 0.1) is 28.5 Å². The van der Waals surface area contributed by atoms with E-state index in [-0.39, 0.29) is 6.10 Å². The molecule has 1 saturated carbocycles. The molecular weight excluding hydrogens is 585 g/mol. The first kappa shape index (κ1) is 31.4. The van der Waals surface area contributed by atoms with Crippen LogP contribution < -0.4 is 25.6 Å². The Bertz CT molecular complexity index is 1680. The van der Waals surface area contributed by atoms with Crippen molar-refractivity contribution in [1.82, 2.24) is 19.9 Å². The molecule has 1 aliphatic carbocycles. The summed E-state index contributed by atoms with van der Waals surface area (Å²) in [5.74, 6) is 1.95. The fraction of sp³-hybridized carbons (Fsp3) is 0.471. The number of H-pyrrole nitrogens is 1. The highest BCUT2D eigenvalue weighted by Crippen LogP contribution is 2.40. The number of aliphatic hydroxyl groups is 1. The van der Waals surface area contributed by atoms with Gasteiger partial charge in [-0.05, 0) is 96.7 Å². The minimum atomic E-state index is -2.51. The average molecular weight is 632 g/mol. The fourth-order valence-corrected chi connectivity index (χ4v) is 7.46. The van der Waals surface area contributed by atoms with Crippen LogP contribution in [0.3, 0.4) is 0 Å². The molecule has 0 amide bonds. The SMILES string of the molecule is CN(CC(C)(C)O)C1CCN(c2ccc(Nc3nc(Nc4ccccc4P(C)(C)=O)c4cc[nH]c4n3)cc2OC2CCC2)CC1. The molecule has 6 rings (SSSR count). The number of aromatic amines is 1. The van der Waals surface area contributed by atoms with Crippen LogP contribution in [0.4, 0.5) is 28.8 Å². The molecule has 240 valence electrons. The number of ether oxygens (including phenoxy) is 1. The van der Waals surface area contributed by atoms with Gasteiger partial charge >= 0.3 is 0 Å². The number of nitrogens with zero attached hydrogens (tertiary/aromatic N) is 4. The van der Waals surface area contributed by atoms with Crippen molar-refractivity contribution in [2.45, 2.75) is 63.7 Å². The van der Waals surface area contributed by atoms with Crippen LogP contribution in [-0.4, -0.2) is 82.7 Å². The minimum absolute atomic E-state index is 0.241. The Labute approximate surface area is 266 Å². The standard InChI is InChI=1S/C34H46N7O3P/c1-34(2,42)22-40(3)24-16-19-41(20-17-24)28-14-13-23(21-29(28)44-25-9-8-10-25)36-33-38-31-26(15-18-35-31)32(39-33)37-27-11-6-7-12-30(27)45(4,5)43/h6-7,11-15,18,21,24-25,42H,8-10,16-17,19-20,22H2,1-5H3,(H3,35,36,37,38,39). The Hall–Kier alpha value is -3.59. The number of hydrogen-bond donors (Lipinski definition) is 4. The number of piperidine rings is 1. The molecular formula is C34H46N7O3P. The first-order valence-electron chi connectivity index (χ1n) is 15.9. The van der Waals surface area contributed by atoms with Gasteiger partial charge in [-0.15, -0.1) is 0 Å². The van der Waals surface area contributed by atoms with E-state index < -0.39 is 12.7 Å². The van der Waals surface area contributed by atoms with Crippen LogP contribution in [0.2, 0.25) is 0 Å². The highest BCUT2D eigenvalue weighted by molar-refractivity contribution is 7.70. The summed E-state index contributed by atoms with van der Waals surface area (Å²) >= 11 is 0. The Morgan fingerprint density at radius 1 is 1.07 bits per heavy atom. The highest BCUT2D eigenvalue weighted by atomic mass is 31.2. The molecule has 2 fully saturated rings. The average Bonchev–Trinajstić information content (AvgIpc) is 3.43. The van der Waals surface area contributed by atoms with Crippen molar-refractivity contribution in [3.05, 3.63) is 54.7 Å². The molecule has 0 bridgehead atoms. The van der Waals surface area contributed by atoms with Crippen molar-refractivity contribution in [3.8, 4) is 5.75 Å². The number of anilines is 5. The lowest BCUT2D eigenvalue weighted by molar-refractivity contribution is 0.0274. The summed E-state index contributed by atoms with van der Waals surface area (Å²) in [4.78, 5) is 17.5. The maximum atomic E-state index is 13.0. The monoisotopic (exact) mass is 631 g/mol. The third-order valence-corrected chi connectivity index (χ3v) is 10.3. The van der Waals surface area contributed by atoms with Crippen molar-refractivity contribution in [2.75, 3.05) is 55.5 Å². The van der Waals surface area contributed by atoms with Crippen LogP contribution in [0, 0.1) is 0 Å². The molecule has 10 nitrogen and oxygen atoms in total. The molecule has 4 aromatic rings. The van der Waals surface area contributed by atoms with Gasteiger partial charge in [0.15, 0.2) is 0 Å². The number of aromatic nitrogens is 3. The van der Waals surface area contributed by atoms with E-state index in [4.69, 9.17) is 14.7 Å². The van der Waals surface area contributed by atoms with Crippen LogP contribution in [-0.2, 0) is 4.57 Å². The zero-order valence-corrected chi connectivity index (χ0v) is 27.9. The van der Waals surface area contributed by atoms with Crippen LogP contribution in [0.15, 0.2) is 54.7 Å². The molecule has 45 heavy (non-hydrogen) atoms. The van der Waals surface area contributed by atoms with E-state index in [1.54, 1.807) is 13.3 Å². The summed E-state index contributed by atoms with van der Waals surface area (Å²) in [6, 6.07) is 16.3. The third kappa shape index (κ3) is 7.46. The minimum Gasteiger partial charge on any atom is -0.488 e. The lowest BCUT2D eigenvalue weighted by Crippen LogP contribution is -2.47. The number of para-hydroxylation sites is 1. The quantitative estimate of drug-likeness (QED) is 0.142. The molecule has 4 N–H and O–H groups in total. The fourth-order valence-electron chi connectivity index (χ4n) is 6.30. The smallest absolute Gasteiger partial charge is 0.231 e. The Morgan fingerprint density at radius 3 is 2.51 bits per heavy atom. The van der Waals surface area contributed by atoms with Crippen molar-refractivity contribution in [2.24, 2.45) is 0 Å². The van der Waals surface area contributed by atoms with Gasteiger partial charge in [-0.3, -0.25) is 0 Å². The predicted molar refractivity (Wildman–Crippen MR) is 185 cm³/mol. The van der Waals surface area contributed by atoms with Crippen molar-refractivity contribution >= 4 is 52.3 Å². The van der Waals surface area contributed by atoms with Crippen molar-refractivity contribution in [3.63, 3.8) is 0 Å². The molecule has 3 heterocycles. The molecule has 0 radical (unpaired) electrons. The molecule has 2 aromatic heterocycles. The van der Waals surface area contributed by atoms with E-state index in [1.165, 1.54) is 6.42 Å². The normalized spacial score (nSPS) is 16.6. The lowest BCUT2D eigenvalue weighted by Gasteiger charge is -2.40. The zero-order valence-electron chi connectivity index (χ0n) is 27.0. The molecule has 2 aliphatic rings. The number of hydrogen-bond acceptors (Lipinski definition) is 9. The predicted octanol–water partition coefficient (Wildman–Crippen LogP) is 6.30. The molecule has 0 spiro atoms. The summed E-state index contributed by atoms with van der Waals surface area (Å²) in [5, 5.41) is 18.8. The van der Waals surface area contributed by atoms with E-state index in [0.717, 1.165) is 72.3 Å². The van der Waals surface area contributed by atoms with Gasteiger partial charge in [-0.25, -0.2) is 0 Å². The second-order valence-electron chi connectivity index (χ2n) is 13.6. The first-order chi connectivity index (χ1) is 21.4. The van der Waals surface area contributed by atoms with Gasteiger partial charge in [-0.1, -0.05) is 12.1 Å². The Morgan fingerprint density at radius 2 is 1.82 bits per heavy atom. The molecule has 0 unspecified atom stereocenters. The molecule has 1 saturated heterocycles. The Balaban J connectivity index is 1.24. The van der Waals surface area contributed by atoms with Crippen molar-refractivity contribution in [1.29, 1.82) is 0 Å². The Kier molecular flexibility index (Phi) is 8.83. The summed E-state index contributed by atoms with van der Waals surface area (Å²) < 4.78 is 19.6. The number of nitrogens with one attached hydrogen (secondary N) is 3. The first-order valence-corrected chi connectivity index (χ1v) is 18.6. The maximum Gasteiger partial charge on any atom is 0.231 e. The van der Waals surface area contributed by atoms with E-state index >= 15 is 0 Å². The van der Waals surface area contributed by atoms with Gasteiger partial charge in [-0.2, -0.15) is 9.97 Å². The van der Waals surface area contributed by atoms with E-state index in [0.29, 0.717) is 30.0 Å². The van der Waals surface area contributed by atoms with Crippen molar-refractivity contribution < 1.29 is 14.4 Å². The third-order valence-electron chi connectivity index (χ3n) is 8.78. The van der Waals surface area contributed by atoms with Crippen LogP contribution in [0.5, 0.6) is 5.75 Å². The molecule has 2 aromatic carbocycles. The lowest BCUT2D eigenvalue weighted by atomic mass is 9.96. The number of likely N-dealkylation sites (N-methyl/N-ethyl adjacent to an activating group) is 1. The van der Waals surface area contributed by atoms with E-state index in [2.05, 4.69) is 50.7 Å². The molecule has 11 heteroatoms. The largest absolute Gasteiger partial charge is 0.488 e. The van der Waals surface area contributed by atoms with Gasteiger partial charge in [0.2, 0.25) is 5.95 Å².